The van der Waals surface area contributed by atoms with Gasteiger partial charge in [0.05, 0.1) is 5.41 Å². The number of nitrogens with zero attached hydrogens (tertiary/aromatic N) is 4. The molecule has 19 heavy (non-hydrogen) atoms. The Bertz CT molecular complexity index is 526. The smallest absolute Gasteiger partial charge is 0.311 e. The van der Waals surface area contributed by atoms with Crippen LogP contribution in [0.2, 0.25) is 0 Å². The van der Waals surface area contributed by atoms with Crippen LogP contribution in [0.25, 0.3) is 0 Å². The van der Waals surface area contributed by atoms with Gasteiger partial charge < -0.3 is 10.0 Å². The highest BCUT2D eigenvalue weighted by atomic mass is 16.4. The maximum atomic E-state index is 11.5. The highest BCUT2D eigenvalue weighted by molar-refractivity contribution is 5.76. The highest BCUT2D eigenvalue weighted by Gasteiger charge is 2.41. The number of nitriles is 1. The molecule has 1 saturated heterocycles. The van der Waals surface area contributed by atoms with Gasteiger partial charge in [0.2, 0.25) is 0 Å². The first-order valence-electron chi connectivity index (χ1n) is 6.32. The molecule has 1 unspecified atom stereocenters. The van der Waals surface area contributed by atoms with E-state index >= 15 is 0 Å². The lowest BCUT2D eigenvalue weighted by Crippen LogP contribution is -2.48. The van der Waals surface area contributed by atoms with E-state index in [0.717, 1.165) is 6.42 Å². The third-order valence-corrected chi connectivity index (χ3v) is 3.79. The second-order valence-corrected chi connectivity index (χ2v) is 4.80. The molecule has 6 nitrogen and oxygen atoms in total. The Morgan fingerprint density at radius 1 is 1.58 bits per heavy atom. The third kappa shape index (κ3) is 2.36. The Kier molecular flexibility index (Phi) is 3.65. The van der Waals surface area contributed by atoms with Crippen molar-refractivity contribution < 1.29 is 9.90 Å². The number of aliphatic carboxylic acids is 1. The zero-order valence-electron chi connectivity index (χ0n) is 10.8. The van der Waals surface area contributed by atoms with E-state index in [9.17, 15) is 9.90 Å². The molecule has 0 bridgehead atoms. The number of hydrogen-bond donors (Lipinski definition) is 1. The number of piperidine rings is 1. The van der Waals surface area contributed by atoms with E-state index in [0.29, 0.717) is 31.7 Å². The second kappa shape index (κ2) is 5.22. The maximum absolute atomic E-state index is 11.5. The zero-order valence-corrected chi connectivity index (χ0v) is 10.8. The molecule has 100 valence electrons. The van der Waals surface area contributed by atoms with Crippen molar-refractivity contribution in [2.75, 3.05) is 18.0 Å². The fourth-order valence-corrected chi connectivity index (χ4v) is 2.57. The molecule has 0 saturated carbocycles. The minimum atomic E-state index is -0.776. The Morgan fingerprint density at radius 3 is 2.95 bits per heavy atom. The number of hydrogen-bond acceptors (Lipinski definition) is 5. The predicted molar refractivity (Wildman–Crippen MR) is 68.6 cm³/mol. The van der Waals surface area contributed by atoms with Crippen LogP contribution < -0.4 is 4.90 Å². The molecule has 0 amide bonds. The summed E-state index contributed by atoms with van der Waals surface area (Å²) >= 11 is 0. The molecule has 1 aliphatic heterocycles. The Hall–Kier alpha value is -2.16. The van der Waals surface area contributed by atoms with Crippen LogP contribution in [0.4, 0.5) is 5.82 Å². The largest absolute Gasteiger partial charge is 0.481 e. The third-order valence-electron chi connectivity index (χ3n) is 3.79. The standard InChI is InChI=1S/C13H16N4O2/c1-2-13(12(18)19)4-3-7-17(9-13)11-10(8-14)15-5-6-16-11/h5-6H,2-4,7,9H2,1H3,(H,18,19). The van der Waals surface area contributed by atoms with Gasteiger partial charge in [-0.25, -0.2) is 9.97 Å². The number of carboxylic acid groups (broad SMARTS) is 1. The molecule has 0 aliphatic carbocycles. The molecule has 2 rings (SSSR count). The summed E-state index contributed by atoms with van der Waals surface area (Å²) in [5.74, 6) is -0.286. The lowest BCUT2D eigenvalue weighted by molar-refractivity contribution is -0.149. The van der Waals surface area contributed by atoms with Gasteiger partial charge in [0.25, 0.3) is 0 Å². The molecule has 1 fully saturated rings. The fraction of sp³-hybridized carbons (Fsp3) is 0.538. The van der Waals surface area contributed by atoms with E-state index in [2.05, 4.69) is 9.97 Å². The number of aromatic nitrogens is 2. The Morgan fingerprint density at radius 2 is 2.32 bits per heavy atom. The summed E-state index contributed by atoms with van der Waals surface area (Å²) in [7, 11) is 0. The van der Waals surface area contributed by atoms with Gasteiger partial charge in [-0.1, -0.05) is 6.92 Å². The number of carbonyl (C=O) groups is 1. The van der Waals surface area contributed by atoms with Crippen molar-refractivity contribution in [1.29, 1.82) is 5.26 Å². The predicted octanol–water partition coefficient (Wildman–Crippen LogP) is 1.43. The van der Waals surface area contributed by atoms with E-state index in [1.807, 2.05) is 17.9 Å². The fourth-order valence-electron chi connectivity index (χ4n) is 2.57. The molecular formula is C13H16N4O2. The molecule has 1 aromatic heterocycles. The summed E-state index contributed by atoms with van der Waals surface area (Å²) in [6.07, 6.45) is 5.01. The normalized spacial score (nSPS) is 22.8. The molecular weight excluding hydrogens is 244 g/mol. The first kappa shape index (κ1) is 13.3. The average molecular weight is 260 g/mol. The summed E-state index contributed by atoms with van der Waals surface area (Å²) in [5, 5.41) is 18.5. The highest BCUT2D eigenvalue weighted by Crippen LogP contribution is 2.35. The van der Waals surface area contributed by atoms with Crippen molar-refractivity contribution in [2.45, 2.75) is 26.2 Å². The monoisotopic (exact) mass is 260 g/mol. The van der Waals surface area contributed by atoms with Crippen LogP contribution >= 0.6 is 0 Å². The molecule has 6 heteroatoms. The van der Waals surface area contributed by atoms with Gasteiger partial charge in [0, 0.05) is 25.5 Å². The van der Waals surface area contributed by atoms with E-state index in [4.69, 9.17) is 5.26 Å². The summed E-state index contributed by atoms with van der Waals surface area (Å²) in [6, 6.07) is 2.00. The molecule has 0 spiro atoms. The number of carboxylic acids is 1. The van der Waals surface area contributed by atoms with E-state index in [-0.39, 0.29) is 5.69 Å². The molecule has 1 atom stereocenters. The van der Waals surface area contributed by atoms with Gasteiger partial charge in [-0.15, -0.1) is 0 Å². The number of anilines is 1. The van der Waals surface area contributed by atoms with Gasteiger partial charge in [-0.05, 0) is 19.3 Å². The van der Waals surface area contributed by atoms with Crippen LogP contribution in [-0.4, -0.2) is 34.1 Å². The lowest BCUT2D eigenvalue weighted by atomic mass is 9.77. The summed E-state index contributed by atoms with van der Waals surface area (Å²) < 4.78 is 0. The second-order valence-electron chi connectivity index (χ2n) is 4.80. The van der Waals surface area contributed by atoms with Crippen molar-refractivity contribution in [2.24, 2.45) is 5.41 Å². The van der Waals surface area contributed by atoms with Crippen LogP contribution in [0.5, 0.6) is 0 Å². The lowest BCUT2D eigenvalue weighted by Gasteiger charge is -2.40. The molecule has 1 aliphatic rings. The van der Waals surface area contributed by atoms with Gasteiger partial charge in [-0.3, -0.25) is 4.79 Å². The van der Waals surface area contributed by atoms with Gasteiger partial charge in [-0.2, -0.15) is 5.26 Å². The summed E-state index contributed by atoms with van der Waals surface area (Å²) in [6.45, 7) is 2.98. The van der Waals surface area contributed by atoms with Crippen LogP contribution in [0.15, 0.2) is 12.4 Å². The first-order valence-corrected chi connectivity index (χ1v) is 6.32. The van der Waals surface area contributed by atoms with E-state index in [1.54, 1.807) is 0 Å². The minimum Gasteiger partial charge on any atom is -0.481 e. The van der Waals surface area contributed by atoms with E-state index < -0.39 is 11.4 Å². The molecule has 0 aromatic carbocycles. The van der Waals surface area contributed by atoms with Crippen molar-refractivity contribution in [1.82, 2.24) is 9.97 Å². The zero-order chi connectivity index (χ0) is 13.9. The quantitative estimate of drug-likeness (QED) is 0.884. The van der Waals surface area contributed by atoms with Crippen LogP contribution in [0.1, 0.15) is 31.9 Å². The Balaban J connectivity index is 2.32. The van der Waals surface area contributed by atoms with E-state index in [1.165, 1.54) is 12.4 Å². The van der Waals surface area contributed by atoms with Crippen LogP contribution in [-0.2, 0) is 4.79 Å². The first-order chi connectivity index (χ1) is 9.13. The number of rotatable bonds is 3. The average Bonchev–Trinajstić information content (AvgIpc) is 2.47. The van der Waals surface area contributed by atoms with Crippen molar-refractivity contribution in [3.05, 3.63) is 18.1 Å². The molecule has 2 heterocycles. The van der Waals surface area contributed by atoms with Crippen molar-refractivity contribution in [3.8, 4) is 6.07 Å². The molecule has 1 N–H and O–H groups in total. The molecule has 1 aromatic rings. The Labute approximate surface area is 111 Å². The molecule has 0 radical (unpaired) electrons. The summed E-state index contributed by atoms with van der Waals surface area (Å²) in [5.41, 5.74) is -0.498. The SMILES string of the molecule is CCC1(C(=O)O)CCCN(c2nccnc2C#N)C1. The van der Waals surface area contributed by atoms with Crippen LogP contribution in [0, 0.1) is 16.7 Å². The van der Waals surface area contributed by atoms with Crippen molar-refractivity contribution in [3.63, 3.8) is 0 Å². The van der Waals surface area contributed by atoms with Gasteiger partial charge in [0.1, 0.15) is 6.07 Å². The minimum absolute atomic E-state index is 0.250. The topological polar surface area (TPSA) is 90.1 Å². The van der Waals surface area contributed by atoms with Gasteiger partial charge in [0.15, 0.2) is 11.5 Å². The van der Waals surface area contributed by atoms with Crippen molar-refractivity contribution >= 4 is 11.8 Å². The van der Waals surface area contributed by atoms with Gasteiger partial charge >= 0.3 is 5.97 Å². The summed E-state index contributed by atoms with van der Waals surface area (Å²) in [4.78, 5) is 21.5. The maximum Gasteiger partial charge on any atom is 0.311 e. The van der Waals surface area contributed by atoms with Crippen LogP contribution in [0.3, 0.4) is 0 Å².